The third-order valence-electron chi connectivity index (χ3n) is 2.26. The Morgan fingerprint density at radius 2 is 2.21 bits per heavy atom. The first-order valence-electron chi connectivity index (χ1n) is 5.46. The molecule has 3 N–H and O–H groups in total. The second kappa shape index (κ2) is 4.72. The molecular weight excluding hydrogens is 248 g/mol. The summed E-state index contributed by atoms with van der Waals surface area (Å²) in [6, 6.07) is 3.51. The highest BCUT2D eigenvalue weighted by Gasteiger charge is 2.07. The lowest BCUT2D eigenvalue weighted by atomic mass is 10.4. The summed E-state index contributed by atoms with van der Waals surface area (Å²) in [6.07, 6.45) is 4.91. The molecule has 0 bridgehead atoms. The quantitative estimate of drug-likeness (QED) is 0.682. The lowest BCUT2D eigenvalue weighted by molar-refractivity contribution is 0.387. The van der Waals surface area contributed by atoms with E-state index in [0.29, 0.717) is 24.2 Å². The first kappa shape index (κ1) is 11.1. The van der Waals surface area contributed by atoms with Crippen LogP contribution < -0.4 is 11.1 Å². The van der Waals surface area contributed by atoms with Crippen molar-refractivity contribution in [1.29, 1.82) is 0 Å². The van der Waals surface area contributed by atoms with Crippen molar-refractivity contribution in [2.75, 3.05) is 11.1 Å². The van der Waals surface area contributed by atoms with Gasteiger partial charge in [-0.05, 0) is 6.07 Å². The number of hydrogen-bond acceptors (Lipinski definition) is 8. The van der Waals surface area contributed by atoms with Crippen LogP contribution in [0.3, 0.4) is 0 Å². The van der Waals surface area contributed by atoms with E-state index in [-0.39, 0.29) is 5.95 Å². The van der Waals surface area contributed by atoms with Crippen molar-refractivity contribution in [3.8, 4) is 5.95 Å². The molecule has 0 saturated heterocycles. The van der Waals surface area contributed by atoms with Gasteiger partial charge in [-0.3, -0.25) is 0 Å². The normalized spacial score (nSPS) is 10.5. The van der Waals surface area contributed by atoms with Crippen LogP contribution in [0.5, 0.6) is 0 Å². The molecule has 0 spiro atoms. The van der Waals surface area contributed by atoms with Crippen LogP contribution in [0.25, 0.3) is 5.95 Å². The Labute approximate surface area is 107 Å². The average Bonchev–Trinajstić information content (AvgIpc) is 3.09. The number of anilines is 2. The first-order chi connectivity index (χ1) is 9.31. The number of nitrogen functional groups attached to an aromatic ring is 1. The monoisotopic (exact) mass is 258 g/mol. The predicted octanol–water partition coefficient (Wildman–Crippen LogP) is 0.240. The predicted molar refractivity (Wildman–Crippen MR) is 65.2 cm³/mol. The third kappa shape index (κ3) is 2.49. The highest BCUT2D eigenvalue weighted by atomic mass is 16.5. The average molecular weight is 258 g/mol. The fourth-order valence-corrected chi connectivity index (χ4v) is 1.45. The highest BCUT2D eigenvalue weighted by molar-refractivity contribution is 5.34. The fourth-order valence-electron chi connectivity index (χ4n) is 1.45. The van der Waals surface area contributed by atoms with E-state index in [1.165, 1.54) is 4.68 Å². The van der Waals surface area contributed by atoms with E-state index in [0.717, 1.165) is 0 Å². The topological polar surface area (TPSA) is 121 Å². The van der Waals surface area contributed by atoms with E-state index < -0.39 is 0 Å². The number of hydrogen-bond donors (Lipinski definition) is 2. The molecule has 3 rings (SSSR count). The number of nitrogens with zero attached hydrogens (tertiary/aromatic N) is 6. The van der Waals surface area contributed by atoms with E-state index >= 15 is 0 Å². The molecule has 96 valence electrons. The molecule has 0 aromatic carbocycles. The first-order valence-corrected chi connectivity index (χ1v) is 5.46. The maximum absolute atomic E-state index is 5.64. The Kier molecular flexibility index (Phi) is 2.77. The zero-order valence-electron chi connectivity index (χ0n) is 9.76. The van der Waals surface area contributed by atoms with Crippen LogP contribution in [0.4, 0.5) is 11.9 Å². The largest absolute Gasteiger partial charge is 0.368 e. The summed E-state index contributed by atoms with van der Waals surface area (Å²) in [5.74, 6) is 1.46. The van der Waals surface area contributed by atoms with Gasteiger partial charge in [0.25, 0.3) is 5.95 Å². The number of rotatable bonds is 4. The van der Waals surface area contributed by atoms with Crippen molar-refractivity contribution in [3.05, 3.63) is 36.5 Å². The molecule has 0 fully saturated rings. The second-order valence-electron chi connectivity index (χ2n) is 3.60. The van der Waals surface area contributed by atoms with Crippen LogP contribution >= 0.6 is 0 Å². The van der Waals surface area contributed by atoms with Crippen molar-refractivity contribution >= 4 is 11.9 Å². The standard InChI is InChI=1S/C10H10N8O/c11-8-15-9(12-6-7-2-4-14-19-7)17-10(16-8)18-5-1-3-13-18/h1-5H,6H2,(H3,11,12,15,16,17). The van der Waals surface area contributed by atoms with E-state index in [4.69, 9.17) is 10.3 Å². The van der Waals surface area contributed by atoms with Crippen LogP contribution in [0.1, 0.15) is 5.76 Å². The van der Waals surface area contributed by atoms with Gasteiger partial charge in [-0.25, -0.2) is 4.68 Å². The zero-order chi connectivity index (χ0) is 13.1. The minimum absolute atomic E-state index is 0.112. The van der Waals surface area contributed by atoms with E-state index in [1.807, 2.05) is 0 Å². The van der Waals surface area contributed by atoms with Gasteiger partial charge in [-0.15, -0.1) is 0 Å². The van der Waals surface area contributed by atoms with E-state index in [1.54, 1.807) is 30.7 Å². The third-order valence-corrected chi connectivity index (χ3v) is 2.26. The van der Waals surface area contributed by atoms with Crippen molar-refractivity contribution < 1.29 is 4.52 Å². The Bertz CT molecular complexity index is 648. The zero-order valence-corrected chi connectivity index (χ0v) is 9.76. The molecule has 19 heavy (non-hydrogen) atoms. The molecule has 9 nitrogen and oxygen atoms in total. The maximum Gasteiger partial charge on any atom is 0.257 e. The van der Waals surface area contributed by atoms with E-state index in [2.05, 4.69) is 30.5 Å². The van der Waals surface area contributed by atoms with Gasteiger partial charge >= 0.3 is 0 Å². The van der Waals surface area contributed by atoms with Crippen LogP contribution in [0.2, 0.25) is 0 Å². The molecule has 0 radical (unpaired) electrons. The molecule has 3 heterocycles. The van der Waals surface area contributed by atoms with Gasteiger partial charge < -0.3 is 15.6 Å². The van der Waals surface area contributed by atoms with Gasteiger partial charge in [0.1, 0.15) is 0 Å². The Balaban J connectivity index is 1.82. The van der Waals surface area contributed by atoms with Gasteiger partial charge in [0.15, 0.2) is 5.76 Å². The number of nitrogens with two attached hydrogens (primary N) is 1. The smallest absolute Gasteiger partial charge is 0.257 e. The Morgan fingerprint density at radius 3 is 2.95 bits per heavy atom. The second-order valence-corrected chi connectivity index (χ2v) is 3.60. The molecule has 3 aromatic rings. The van der Waals surface area contributed by atoms with Crippen LogP contribution in [0.15, 0.2) is 35.2 Å². The van der Waals surface area contributed by atoms with Crippen LogP contribution in [-0.4, -0.2) is 29.9 Å². The summed E-state index contributed by atoms with van der Waals surface area (Å²) in [5, 5.41) is 10.6. The van der Waals surface area contributed by atoms with Crippen molar-refractivity contribution in [3.63, 3.8) is 0 Å². The van der Waals surface area contributed by atoms with Gasteiger partial charge in [0.05, 0.1) is 12.7 Å². The molecule has 0 atom stereocenters. The SMILES string of the molecule is Nc1nc(NCc2ccno2)nc(-n2cccn2)n1. The van der Waals surface area contributed by atoms with Gasteiger partial charge in [-0.1, -0.05) is 5.16 Å². The summed E-state index contributed by atoms with van der Waals surface area (Å²) in [5.41, 5.74) is 5.64. The molecule has 9 heteroatoms. The molecule has 0 unspecified atom stereocenters. The minimum Gasteiger partial charge on any atom is -0.368 e. The van der Waals surface area contributed by atoms with Gasteiger partial charge in [-0.2, -0.15) is 20.1 Å². The van der Waals surface area contributed by atoms with Gasteiger partial charge in [0.2, 0.25) is 11.9 Å². The lowest BCUT2D eigenvalue weighted by Crippen LogP contribution is -2.11. The number of aromatic nitrogens is 6. The minimum atomic E-state index is 0.112. The Hall–Kier alpha value is -2.97. The summed E-state index contributed by atoms with van der Waals surface area (Å²) in [6.45, 7) is 0.405. The molecule has 0 aliphatic rings. The molecule has 0 amide bonds. The van der Waals surface area contributed by atoms with Crippen LogP contribution in [0, 0.1) is 0 Å². The molecule has 0 aliphatic carbocycles. The number of nitrogens with one attached hydrogen (secondary N) is 1. The maximum atomic E-state index is 5.64. The van der Waals surface area contributed by atoms with E-state index in [9.17, 15) is 0 Å². The summed E-state index contributed by atoms with van der Waals surface area (Å²) < 4.78 is 6.45. The Morgan fingerprint density at radius 1 is 1.26 bits per heavy atom. The summed E-state index contributed by atoms with van der Waals surface area (Å²) in [4.78, 5) is 12.2. The molecule has 0 aliphatic heterocycles. The van der Waals surface area contributed by atoms with Crippen molar-refractivity contribution in [1.82, 2.24) is 29.9 Å². The lowest BCUT2D eigenvalue weighted by Gasteiger charge is -2.05. The summed E-state index contributed by atoms with van der Waals surface area (Å²) >= 11 is 0. The van der Waals surface area contributed by atoms with Gasteiger partial charge in [0, 0.05) is 18.5 Å². The fraction of sp³-hybridized carbons (Fsp3) is 0.100. The molecule has 3 aromatic heterocycles. The summed E-state index contributed by atoms with van der Waals surface area (Å²) in [7, 11) is 0. The highest BCUT2D eigenvalue weighted by Crippen LogP contribution is 2.07. The molecule has 0 saturated carbocycles. The van der Waals surface area contributed by atoms with Crippen LogP contribution in [-0.2, 0) is 6.54 Å². The molecular formula is C10H10N8O. The van der Waals surface area contributed by atoms with Crippen molar-refractivity contribution in [2.45, 2.75) is 6.54 Å². The van der Waals surface area contributed by atoms with Crippen molar-refractivity contribution in [2.24, 2.45) is 0 Å².